The molecule has 0 amide bonds. The minimum atomic E-state index is -0.407. The zero-order valence-corrected chi connectivity index (χ0v) is 12.6. The topological polar surface area (TPSA) is 44.5 Å². The van der Waals surface area contributed by atoms with Crippen LogP contribution in [0.4, 0.5) is 10.1 Å². The van der Waals surface area contributed by atoms with Gasteiger partial charge in [-0.3, -0.25) is 0 Å². The fraction of sp³-hybridized carbons (Fsp3) is 0.200. The van der Waals surface area contributed by atoms with Gasteiger partial charge in [-0.05, 0) is 43.3 Å². The molecule has 0 aromatic heterocycles. The summed E-state index contributed by atoms with van der Waals surface area (Å²) in [5, 5.41) is 0. The summed E-state index contributed by atoms with van der Waals surface area (Å²) in [7, 11) is 0. The third kappa shape index (κ3) is 3.63. The standard InChI is InChI=1S/C15H15BrFNO2/c1-2-19-14-6-4-12(18)7-10(14)9-20-15-8-11(16)3-5-13(15)17/h3-8H,2,9,18H2,1H3. The van der Waals surface area contributed by atoms with Crippen molar-refractivity contribution in [3.8, 4) is 11.5 Å². The molecule has 0 unspecified atom stereocenters. The maximum atomic E-state index is 13.6. The second-order valence-corrected chi connectivity index (χ2v) is 5.08. The van der Waals surface area contributed by atoms with E-state index in [9.17, 15) is 4.39 Å². The highest BCUT2D eigenvalue weighted by molar-refractivity contribution is 9.10. The lowest BCUT2D eigenvalue weighted by Gasteiger charge is -2.13. The molecule has 0 fully saturated rings. The summed E-state index contributed by atoms with van der Waals surface area (Å²) in [5.41, 5.74) is 7.15. The van der Waals surface area contributed by atoms with Crippen molar-refractivity contribution >= 4 is 21.6 Å². The van der Waals surface area contributed by atoms with Crippen molar-refractivity contribution in [3.63, 3.8) is 0 Å². The first-order chi connectivity index (χ1) is 9.60. The van der Waals surface area contributed by atoms with Gasteiger partial charge in [0.2, 0.25) is 0 Å². The number of hydrogen-bond acceptors (Lipinski definition) is 3. The molecule has 0 saturated carbocycles. The lowest BCUT2D eigenvalue weighted by Crippen LogP contribution is -2.03. The average Bonchev–Trinajstić information content (AvgIpc) is 2.42. The molecule has 20 heavy (non-hydrogen) atoms. The number of nitrogen functional groups attached to an aromatic ring is 1. The average molecular weight is 340 g/mol. The summed E-state index contributed by atoms with van der Waals surface area (Å²) < 4.78 is 25.4. The van der Waals surface area contributed by atoms with Crippen LogP contribution in [0.5, 0.6) is 11.5 Å². The number of hydrogen-bond donors (Lipinski definition) is 1. The second kappa shape index (κ2) is 6.61. The molecule has 0 aliphatic heterocycles. The van der Waals surface area contributed by atoms with E-state index in [4.69, 9.17) is 15.2 Å². The van der Waals surface area contributed by atoms with Crippen molar-refractivity contribution in [1.82, 2.24) is 0 Å². The first-order valence-corrected chi connectivity index (χ1v) is 6.98. The van der Waals surface area contributed by atoms with Crippen LogP contribution >= 0.6 is 15.9 Å². The predicted molar refractivity (Wildman–Crippen MR) is 80.5 cm³/mol. The van der Waals surface area contributed by atoms with E-state index in [2.05, 4.69) is 15.9 Å². The fourth-order valence-electron chi connectivity index (χ4n) is 1.75. The van der Waals surface area contributed by atoms with E-state index >= 15 is 0 Å². The van der Waals surface area contributed by atoms with Gasteiger partial charge in [0.1, 0.15) is 12.4 Å². The molecule has 0 bridgehead atoms. The SMILES string of the molecule is CCOc1ccc(N)cc1COc1cc(Br)ccc1F. The molecule has 2 rings (SSSR count). The summed E-state index contributed by atoms with van der Waals surface area (Å²) in [6, 6.07) is 9.86. The Balaban J connectivity index is 2.17. The van der Waals surface area contributed by atoms with Gasteiger partial charge in [-0.15, -0.1) is 0 Å². The van der Waals surface area contributed by atoms with Crippen molar-refractivity contribution in [3.05, 3.63) is 52.3 Å². The van der Waals surface area contributed by atoms with Gasteiger partial charge in [-0.25, -0.2) is 4.39 Å². The summed E-state index contributed by atoms with van der Waals surface area (Å²) in [6.45, 7) is 2.63. The molecule has 0 spiro atoms. The van der Waals surface area contributed by atoms with Crippen LogP contribution in [0.1, 0.15) is 12.5 Å². The van der Waals surface area contributed by atoms with E-state index in [1.807, 2.05) is 6.92 Å². The molecule has 106 valence electrons. The number of ether oxygens (including phenoxy) is 2. The van der Waals surface area contributed by atoms with Gasteiger partial charge in [0.05, 0.1) is 6.61 Å². The summed E-state index contributed by atoms with van der Waals surface area (Å²) in [5.74, 6) is 0.469. The zero-order valence-electron chi connectivity index (χ0n) is 11.0. The van der Waals surface area contributed by atoms with Crippen molar-refractivity contribution in [2.24, 2.45) is 0 Å². The molecule has 2 N–H and O–H groups in total. The highest BCUT2D eigenvalue weighted by Gasteiger charge is 2.08. The third-order valence-corrected chi connectivity index (χ3v) is 3.15. The quantitative estimate of drug-likeness (QED) is 0.832. The Morgan fingerprint density at radius 2 is 1.90 bits per heavy atom. The molecule has 0 heterocycles. The third-order valence-electron chi connectivity index (χ3n) is 2.66. The second-order valence-electron chi connectivity index (χ2n) is 4.16. The van der Waals surface area contributed by atoms with E-state index in [0.29, 0.717) is 18.0 Å². The molecule has 0 saturated heterocycles. The maximum Gasteiger partial charge on any atom is 0.165 e. The number of nitrogens with two attached hydrogens (primary N) is 1. The zero-order chi connectivity index (χ0) is 14.5. The number of benzene rings is 2. The van der Waals surface area contributed by atoms with Crippen molar-refractivity contribution < 1.29 is 13.9 Å². The molecular weight excluding hydrogens is 325 g/mol. The predicted octanol–water partition coefficient (Wildman–Crippen LogP) is 4.15. The van der Waals surface area contributed by atoms with Crippen LogP contribution < -0.4 is 15.2 Å². The molecule has 0 aliphatic rings. The lowest BCUT2D eigenvalue weighted by molar-refractivity contribution is 0.275. The van der Waals surface area contributed by atoms with E-state index in [-0.39, 0.29) is 12.4 Å². The van der Waals surface area contributed by atoms with Crippen LogP contribution in [0.3, 0.4) is 0 Å². The largest absolute Gasteiger partial charge is 0.493 e. The van der Waals surface area contributed by atoms with Crippen LogP contribution in [0.2, 0.25) is 0 Å². The molecule has 2 aromatic rings. The first kappa shape index (κ1) is 14.7. The Labute approximate surface area is 125 Å². The van der Waals surface area contributed by atoms with Gasteiger partial charge >= 0.3 is 0 Å². The van der Waals surface area contributed by atoms with E-state index in [0.717, 1.165) is 10.0 Å². The van der Waals surface area contributed by atoms with Gasteiger partial charge in [0, 0.05) is 15.7 Å². The van der Waals surface area contributed by atoms with Crippen LogP contribution in [0, 0.1) is 5.82 Å². The Kier molecular flexibility index (Phi) is 4.84. The van der Waals surface area contributed by atoms with E-state index in [1.165, 1.54) is 6.07 Å². The van der Waals surface area contributed by atoms with Crippen LogP contribution in [0.15, 0.2) is 40.9 Å². The minimum absolute atomic E-state index is 0.184. The van der Waals surface area contributed by atoms with Crippen LogP contribution in [-0.4, -0.2) is 6.61 Å². The molecule has 5 heteroatoms. The van der Waals surface area contributed by atoms with E-state index in [1.54, 1.807) is 30.3 Å². The summed E-state index contributed by atoms with van der Waals surface area (Å²) >= 11 is 3.28. The Morgan fingerprint density at radius 3 is 2.65 bits per heavy atom. The van der Waals surface area contributed by atoms with Gasteiger partial charge in [0.15, 0.2) is 11.6 Å². The summed E-state index contributed by atoms with van der Waals surface area (Å²) in [4.78, 5) is 0. The monoisotopic (exact) mass is 339 g/mol. The fourth-order valence-corrected chi connectivity index (χ4v) is 2.09. The molecule has 2 aromatic carbocycles. The number of halogens is 2. The summed E-state index contributed by atoms with van der Waals surface area (Å²) in [6.07, 6.45) is 0. The Hall–Kier alpha value is -1.75. The minimum Gasteiger partial charge on any atom is -0.493 e. The lowest BCUT2D eigenvalue weighted by atomic mass is 10.2. The number of rotatable bonds is 5. The normalized spacial score (nSPS) is 10.3. The Morgan fingerprint density at radius 1 is 1.10 bits per heavy atom. The molecule has 3 nitrogen and oxygen atoms in total. The van der Waals surface area contributed by atoms with Crippen molar-refractivity contribution in [2.45, 2.75) is 13.5 Å². The van der Waals surface area contributed by atoms with Gasteiger partial charge in [-0.1, -0.05) is 15.9 Å². The van der Waals surface area contributed by atoms with Crippen molar-refractivity contribution in [2.75, 3.05) is 12.3 Å². The first-order valence-electron chi connectivity index (χ1n) is 6.19. The number of anilines is 1. The van der Waals surface area contributed by atoms with Gasteiger partial charge in [0.25, 0.3) is 0 Å². The Bertz CT molecular complexity index is 604. The van der Waals surface area contributed by atoms with Crippen LogP contribution in [-0.2, 0) is 6.61 Å². The van der Waals surface area contributed by atoms with Gasteiger partial charge in [-0.2, -0.15) is 0 Å². The molecule has 0 atom stereocenters. The molecule has 0 aliphatic carbocycles. The van der Waals surface area contributed by atoms with Crippen molar-refractivity contribution in [1.29, 1.82) is 0 Å². The highest BCUT2D eigenvalue weighted by atomic mass is 79.9. The molecule has 0 radical (unpaired) electrons. The van der Waals surface area contributed by atoms with E-state index < -0.39 is 5.82 Å². The molecular formula is C15H15BrFNO2. The van der Waals surface area contributed by atoms with Crippen LogP contribution in [0.25, 0.3) is 0 Å². The van der Waals surface area contributed by atoms with Gasteiger partial charge < -0.3 is 15.2 Å². The smallest absolute Gasteiger partial charge is 0.165 e. The highest BCUT2D eigenvalue weighted by Crippen LogP contribution is 2.26. The maximum absolute atomic E-state index is 13.6.